The molecule has 3 atom stereocenters. The zero-order chi connectivity index (χ0) is 25.3. The monoisotopic (exact) mass is 476 g/mol. The summed E-state index contributed by atoms with van der Waals surface area (Å²) in [5.41, 5.74) is 0.897. The predicted octanol–water partition coefficient (Wildman–Crippen LogP) is 3.35. The number of carbonyl (C=O) groups excluding carboxylic acids is 3. The summed E-state index contributed by atoms with van der Waals surface area (Å²) in [7, 11) is 3.34. The highest BCUT2D eigenvalue weighted by Gasteiger charge is 2.30. The Labute approximate surface area is 203 Å². The third-order valence-corrected chi connectivity index (χ3v) is 5.99. The van der Waals surface area contributed by atoms with E-state index in [4.69, 9.17) is 9.47 Å². The number of ether oxygens (including phenoxy) is 2. The molecule has 190 valence electrons. The van der Waals surface area contributed by atoms with Crippen LogP contribution in [0.3, 0.4) is 0 Å². The molecule has 2 rings (SSSR count). The minimum Gasteiger partial charge on any atom is -0.491 e. The summed E-state index contributed by atoms with van der Waals surface area (Å²) < 4.78 is 11.8. The van der Waals surface area contributed by atoms with Gasteiger partial charge >= 0.3 is 6.03 Å². The maximum Gasteiger partial charge on any atom is 0.317 e. The van der Waals surface area contributed by atoms with Crippen molar-refractivity contribution in [3.05, 3.63) is 23.8 Å². The summed E-state index contributed by atoms with van der Waals surface area (Å²) in [5.74, 6) is 0.0666. The van der Waals surface area contributed by atoms with E-state index in [1.807, 2.05) is 27.7 Å². The molecule has 2 N–H and O–H groups in total. The van der Waals surface area contributed by atoms with Crippen LogP contribution >= 0.6 is 0 Å². The van der Waals surface area contributed by atoms with Gasteiger partial charge in [-0.2, -0.15) is 0 Å². The molecular weight excluding hydrogens is 436 g/mol. The first-order chi connectivity index (χ1) is 16.2. The number of benzene rings is 1. The van der Waals surface area contributed by atoms with Crippen molar-refractivity contribution >= 4 is 23.5 Å². The number of hydrogen-bond donors (Lipinski definition) is 2. The van der Waals surface area contributed by atoms with Gasteiger partial charge in [0.15, 0.2) is 0 Å². The second kappa shape index (κ2) is 13.2. The molecule has 0 saturated carbocycles. The molecular formula is C25H40N4O5. The average Bonchev–Trinajstić information content (AvgIpc) is 2.81. The Hall–Kier alpha value is -2.81. The van der Waals surface area contributed by atoms with Crippen LogP contribution < -0.4 is 15.4 Å². The fourth-order valence-corrected chi connectivity index (χ4v) is 3.92. The minimum absolute atomic E-state index is 0.0198. The smallest absolute Gasteiger partial charge is 0.317 e. The number of amides is 4. The number of anilines is 1. The third-order valence-electron chi connectivity index (χ3n) is 5.99. The number of urea groups is 1. The second-order valence-electron chi connectivity index (χ2n) is 8.99. The van der Waals surface area contributed by atoms with Gasteiger partial charge in [0.1, 0.15) is 12.4 Å². The summed E-state index contributed by atoms with van der Waals surface area (Å²) in [6, 6.07) is 4.69. The van der Waals surface area contributed by atoms with Gasteiger partial charge in [0.25, 0.3) is 5.91 Å². The Morgan fingerprint density at radius 1 is 1.18 bits per heavy atom. The molecule has 34 heavy (non-hydrogen) atoms. The lowest BCUT2D eigenvalue weighted by Gasteiger charge is -2.36. The van der Waals surface area contributed by atoms with Crippen molar-refractivity contribution in [2.45, 2.75) is 59.1 Å². The van der Waals surface area contributed by atoms with Gasteiger partial charge < -0.3 is 29.9 Å². The quantitative estimate of drug-likeness (QED) is 0.656. The molecule has 0 fully saturated rings. The van der Waals surface area contributed by atoms with Crippen LogP contribution in [0, 0.1) is 5.92 Å². The number of fused-ring (bicyclic) bond motifs is 1. The van der Waals surface area contributed by atoms with Crippen molar-refractivity contribution < 1.29 is 23.9 Å². The SMILES string of the molecule is CCCNC(=O)N1C[C@H](C)[C@H](OC)CN(C)C(=O)c2cc(NC(=O)CCC)ccc2OC[C@@H]1C. The average molecular weight is 477 g/mol. The number of likely N-dealkylation sites (N-methyl/N-ethyl adjacent to an activating group) is 1. The number of nitrogens with zero attached hydrogens (tertiary/aromatic N) is 2. The fraction of sp³-hybridized carbons (Fsp3) is 0.640. The first-order valence-electron chi connectivity index (χ1n) is 12.1. The lowest BCUT2D eigenvalue weighted by molar-refractivity contribution is -0.116. The topological polar surface area (TPSA) is 100 Å². The van der Waals surface area contributed by atoms with Crippen LogP contribution in [0.2, 0.25) is 0 Å². The molecule has 1 aromatic rings. The number of methoxy groups -OCH3 is 1. The van der Waals surface area contributed by atoms with E-state index >= 15 is 0 Å². The molecule has 0 saturated heterocycles. The molecule has 0 bridgehead atoms. The van der Waals surface area contributed by atoms with Gasteiger partial charge in [-0.1, -0.05) is 20.8 Å². The van der Waals surface area contributed by atoms with Crippen LogP contribution in [0.25, 0.3) is 0 Å². The maximum absolute atomic E-state index is 13.4. The molecule has 0 spiro atoms. The summed E-state index contributed by atoms with van der Waals surface area (Å²) in [6.07, 6.45) is 1.72. The minimum atomic E-state index is -0.265. The molecule has 9 heteroatoms. The zero-order valence-corrected chi connectivity index (χ0v) is 21.3. The van der Waals surface area contributed by atoms with E-state index in [0.717, 1.165) is 12.8 Å². The van der Waals surface area contributed by atoms with E-state index in [1.54, 1.807) is 42.2 Å². The van der Waals surface area contributed by atoms with Crippen molar-refractivity contribution in [1.29, 1.82) is 0 Å². The highest BCUT2D eigenvalue weighted by atomic mass is 16.5. The van der Waals surface area contributed by atoms with E-state index in [-0.39, 0.29) is 42.5 Å². The molecule has 0 radical (unpaired) electrons. The second-order valence-corrected chi connectivity index (χ2v) is 8.99. The molecule has 9 nitrogen and oxygen atoms in total. The molecule has 4 amide bonds. The molecule has 1 aliphatic rings. The largest absolute Gasteiger partial charge is 0.491 e. The Kier molecular flexibility index (Phi) is 10.6. The van der Waals surface area contributed by atoms with Gasteiger partial charge in [-0.3, -0.25) is 9.59 Å². The molecule has 0 aliphatic carbocycles. The number of hydrogen-bond acceptors (Lipinski definition) is 5. The molecule has 1 aromatic carbocycles. The Bertz CT molecular complexity index is 847. The van der Waals surface area contributed by atoms with Crippen molar-refractivity contribution in [1.82, 2.24) is 15.1 Å². The van der Waals surface area contributed by atoms with E-state index in [9.17, 15) is 14.4 Å². The van der Waals surface area contributed by atoms with Crippen molar-refractivity contribution in [2.75, 3.05) is 45.7 Å². The molecule has 0 aromatic heterocycles. The fourth-order valence-electron chi connectivity index (χ4n) is 3.92. The van der Waals surface area contributed by atoms with E-state index in [0.29, 0.717) is 43.1 Å². The summed E-state index contributed by atoms with van der Waals surface area (Å²) in [4.78, 5) is 41.7. The summed E-state index contributed by atoms with van der Waals surface area (Å²) in [6.45, 7) is 9.52. The number of carbonyl (C=O) groups is 3. The molecule has 0 unspecified atom stereocenters. The third kappa shape index (κ3) is 7.35. The van der Waals surface area contributed by atoms with Gasteiger partial charge in [-0.15, -0.1) is 0 Å². The van der Waals surface area contributed by atoms with Crippen LogP contribution in [0.5, 0.6) is 5.75 Å². The van der Waals surface area contributed by atoms with Gasteiger partial charge in [-0.05, 0) is 38.0 Å². The van der Waals surface area contributed by atoms with Crippen LogP contribution in [-0.4, -0.2) is 80.2 Å². The highest BCUT2D eigenvalue weighted by molar-refractivity contribution is 5.99. The standard InChI is InChI=1S/C25H40N4O5/c1-7-9-23(30)27-19-10-11-21-20(13-19)24(31)28(5)15-22(33-6)17(3)14-29(18(4)16-34-21)25(32)26-12-8-2/h10-11,13,17-18,22H,7-9,12,14-16H2,1-6H3,(H,26,32)(H,27,30)/t17-,18-,22+/m0/s1. The van der Waals surface area contributed by atoms with E-state index in [2.05, 4.69) is 10.6 Å². The van der Waals surface area contributed by atoms with Gasteiger partial charge in [-0.25, -0.2) is 4.79 Å². The number of nitrogens with one attached hydrogen (secondary N) is 2. The highest BCUT2D eigenvalue weighted by Crippen LogP contribution is 2.26. The first kappa shape index (κ1) is 27.4. The van der Waals surface area contributed by atoms with Crippen molar-refractivity contribution in [3.63, 3.8) is 0 Å². The van der Waals surface area contributed by atoms with E-state index in [1.165, 1.54) is 0 Å². The summed E-state index contributed by atoms with van der Waals surface area (Å²) in [5, 5.41) is 5.80. The van der Waals surface area contributed by atoms with Crippen LogP contribution in [0.1, 0.15) is 57.3 Å². The van der Waals surface area contributed by atoms with Crippen LogP contribution in [0.15, 0.2) is 18.2 Å². The van der Waals surface area contributed by atoms with Gasteiger partial charge in [0.05, 0.1) is 17.7 Å². The molecule has 1 aliphatic heterocycles. The maximum atomic E-state index is 13.4. The normalized spacial score (nSPS) is 21.6. The Morgan fingerprint density at radius 2 is 1.91 bits per heavy atom. The number of rotatable bonds is 6. The Balaban J connectivity index is 2.40. The van der Waals surface area contributed by atoms with E-state index < -0.39 is 0 Å². The lowest BCUT2D eigenvalue weighted by atomic mass is 10.0. The zero-order valence-electron chi connectivity index (χ0n) is 21.3. The predicted molar refractivity (Wildman–Crippen MR) is 132 cm³/mol. The van der Waals surface area contributed by atoms with Crippen LogP contribution in [0.4, 0.5) is 10.5 Å². The van der Waals surface area contributed by atoms with Gasteiger partial charge in [0, 0.05) is 51.8 Å². The lowest BCUT2D eigenvalue weighted by Crippen LogP contribution is -2.51. The van der Waals surface area contributed by atoms with Crippen LogP contribution in [-0.2, 0) is 9.53 Å². The van der Waals surface area contributed by atoms with Crippen molar-refractivity contribution in [3.8, 4) is 5.75 Å². The molecule has 1 heterocycles. The Morgan fingerprint density at radius 3 is 2.56 bits per heavy atom. The first-order valence-corrected chi connectivity index (χ1v) is 12.1. The van der Waals surface area contributed by atoms with Gasteiger partial charge in [0.2, 0.25) is 5.91 Å². The van der Waals surface area contributed by atoms with Crippen molar-refractivity contribution in [2.24, 2.45) is 5.92 Å². The summed E-state index contributed by atoms with van der Waals surface area (Å²) >= 11 is 0.